The van der Waals surface area contributed by atoms with Crippen LogP contribution in [0, 0.1) is 11.8 Å². The van der Waals surface area contributed by atoms with E-state index in [2.05, 4.69) is 41.5 Å². The van der Waals surface area contributed by atoms with Crippen molar-refractivity contribution in [2.45, 2.75) is 336 Å². The molecule has 0 amide bonds. The number of esters is 4. The number of unbranched alkanes of at least 4 members (excludes halogenated alkanes) is 32. The first-order valence-corrected chi connectivity index (χ1v) is 36.5. The van der Waals surface area contributed by atoms with Gasteiger partial charge in [0, 0.05) is 25.7 Å². The quantitative estimate of drug-likeness (QED) is 0.0222. The van der Waals surface area contributed by atoms with Crippen LogP contribution in [0.5, 0.6) is 0 Å². The summed E-state index contributed by atoms with van der Waals surface area (Å²) in [4.78, 5) is 72.2. The minimum atomic E-state index is -4.94. The van der Waals surface area contributed by atoms with E-state index in [1.54, 1.807) is 0 Å². The Hall–Kier alpha value is -1.94. The number of aliphatic hydroxyl groups excluding tert-OH is 1. The van der Waals surface area contributed by atoms with Gasteiger partial charge in [0.2, 0.25) is 0 Å². The Morgan fingerprint density at radius 2 is 0.614 bits per heavy atom. The summed E-state index contributed by atoms with van der Waals surface area (Å²) in [6.45, 7) is 9.46. The predicted molar refractivity (Wildman–Crippen MR) is 331 cm³/mol. The van der Waals surface area contributed by atoms with Crippen LogP contribution in [0.2, 0.25) is 0 Å². The fourth-order valence-electron chi connectivity index (χ4n) is 9.50. The van der Waals surface area contributed by atoms with Crippen molar-refractivity contribution in [3.63, 3.8) is 0 Å². The Morgan fingerprint density at radius 3 is 0.916 bits per heavy atom. The van der Waals surface area contributed by atoms with Crippen molar-refractivity contribution in [3.05, 3.63) is 0 Å². The number of hydrogen-bond acceptors (Lipinski definition) is 15. The first kappa shape index (κ1) is 81.1. The summed E-state index contributed by atoms with van der Waals surface area (Å²) < 4.78 is 67.9. The van der Waals surface area contributed by atoms with Gasteiger partial charge in [0.15, 0.2) is 12.2 Å². The largest absolute Gasteiger partial charge is 0.472 e. The molecule has 0 heterocycles. The number of phosphoric acid groups is 2. The number of aliphatic hydroxyl groups is 1. The Labute approximate surface area is 505 Å². The van der Waals surface area contributed by atoms with E-state index in [0.29, 0.717) is 25.7 Å². The van der Waals surface area contributed by atoms with Gasteiger partial charge in [-0.3, -0.25) is 37.3 Å². The minimum Gasteiger partial charge on any atom is -0.462 e. The van der Waals surface area contributed by atoms with E-state index in [9.17, 15) is 43.2 Å². The average molecular weight is 1230 g/mol. The SMILES string of the molecule is CCCCCCCCCCCC(=O)OC[C@H](COP(=O)(O)OC[C@H](O)COP(=O)(O)OC[C@@H](COC(=O)CCCCCCCCCCC(C)CC)OC(=O)CCCCCCCCCCCCC(C)C)OC(=O)CCCCCCCCCCC. The molecule has 17 nitrogen and oxygen atoms in total. The topological polar surface area (TPSA) is 237 Å². The van der Waals surface area contributed by atoms with Gasteiger partial charge in [-0.05, 0) is 37.5 Å². The van der Waals surface area contributed by atoms with Crippen LogP contribution in [0.4, 0.5) is 0 Å². The molecule has 0 aliphatic rings. The fraction of sp³-hybridized carbons (Fsp3) is 0.938. The van der Waals surface area contributed by atoms with Crippen molar-refractivity contribution < 1.29 is 80.2 Å². The first-order valence-electron chi connectivity index (χ1n) is 33.5. The predicted octanol–water partition coefficient (Wildman–Crippen LogP) is 17.7. The second kappa shape index (κ2) is 56.6. The lowest BCUT2D eigenvalue weighted by atomic mass is 9.99. The number of carbonyl (C=O) groups is 4. The van der Waals surface area contributed by atoms with Gasteiger partial charge in [-0.15, -0.1) is 0 Å². The third-order valence-corrected chi connectivity index (χ3v) is 17.0. The first-order chi connectivity index (χ1) is 39.9. The van der Waals surface area contributed by atoms with Gasteiger partial charge in [0.25, 0.3) is 0 Å². The van der Waals surface area contributed by atoms with E-state index < -0.39 is 97.5 Å². The molecular formula is C64H124O17P2. The van der Waals surface area contributed by atoms with Gasteiger partial charge in [0.05, 0.1) is 26.4 Å². The molecule has 0 saturated carbocycles. The van der Waals surface area contributed by atoms with Crippen LogP contribution >= 0.6 is 15.6 Å². The third-order valence-electron chi connectivity index (χ3n) is 15.1. The van der Waals surface area contributed by atoms with E-state index in [-0.39, 0.29) is 25.7 Å². The van der Waals surface area contributed by atoms with Crippen molar-refractivity contribution in [3.8, 4) is 0 Å². The van der Waals surface area contributed by atoms with Crippen molar-refractivity contribution in [2.24, 2.45) is 11.8 Å². The lowest BCUT2D eigenvalue weighted by Crippen LogP contribution is -2.30. The van der Waals surface area contributed by atoms with Gasteiger partial charge >= 0.3 is 39.5 Å². The van der Waals surface area contributed by atoms with E-state index >= 15 is 0 Å². The Balaban J connectivity index is 5.24. The maximum Gasteiger partial charge on any atom is 0.472 e. The summed E-state index contributed by atoms with van der Waals surface area (Å²) in [6, 6.07) is 0. The molecule has 0 aromatic heterocycles. The smallest absolute Gasteiger partial charge is 0.462 e. The lowest BCUT2D eigenvalue weighted by Gasteiger charge is -2.21. The van der Waals surface area contributed by atoms with Crippen molar-refractivity contribution >= 4 is 39.5 Å². The molecule has 3 unspecified atom stereocenters. The normalized spacial score (nSPS) is 14.6. The molecule has 3 N–H and O–H groups in total. The molecule has 0 rings (SSSR count). The molecule has 0 aromatic carbocycles. The molecule has 0 aliphatic carbocycles. The number of rotatable bonds is 63. The van der Waals surface area contributed by atoms with Crippen molar-refractivity contribution in [1.82, 2.24) is 0 Å². The average Bonchev–Trinajstić information content (AvgIpc) is 3.46. The van der Waals surface area contributed by atoms with Gasteiger partial charge in [-0.1, -0.05) is 266 Å². The van der Waals surface area contributed by atoms with Gasteiger partial charge in [-0.2, -0.15) is 0 Å². The van der Waals surface area contributed by atoms with Crippen LogP contribution in [0.15, 0.2) is 0 Å². The highest BCUT2D eigenvalue weighted by Crippen LogP contribution is 2.45. The molecule has 83 heavy (non-hydrogen) atoms. The summed E-state index contributed by atoms with van der Waals surface area (Å²) in [5.74, 6) is -0.606. The maximum absolute atomic E-state index is 13.0. The molecule has 0 bridgehead atoms. The summed E-state index contributed by atoms with van der Waals surface area (Å²) in [6.07, 6.45) is 38.8. The van der Waals surface area contributed by atoms with E-state index in [4.69, 9.17) is 37.0 Å². The summed E-state index contributed by atoms with van der Waals surface area (Å²) in [5, 5.41) is 10.5. The second-order valence-electron chi connectivity index (χ2n) is 23.9. The van der Waals surface area contributed by atoms with Gasteiger partial charge in [-0.25, -0.2) is 9.13 Å². The van der Waals surface area contributed by atoms with E-state index in [1.165, 1.54) is 135 Å². The third kappa shape index (κ3) is 57.6. The molecular weight excluding hydrogens is 1100 g/mol. The van der Waals surface area contributed by atoms with Gasteiger partial charge in [0.1, 0.15) is 19.3 Å². The molecule has 0 saturated heterocycles. The zero-order valence-corrected chi connectivity index (χ0v) is 55.3. The molecule has 0 aromatic rings. The highest BCUT2D eigenvalue weighted by Gasteiger charge is 2.30. The molecule has 6 atom stereocenters. The van der Waals surface area contributed by atoms with Crippen LogP contribution in [0.1, 0.15) is 318 Å². The number of carbonyl (C=O) groups excluding carboxylic acids is 4. The highest BCUT2D eigenvalue weighted by atomic mass is 31.2. The zero-order chi connectivity index (χ0) is 61.5. The lowest BCUT2D eigenvalue weighted by molar-refractivity contribution is -0.161. The zero-order valence-electron chi connectivity index (χ0n) is 53.5. The summed E-state index contributed by atoms with van der Waals surface area (Å²) >= 11 is 0. The number of phosphoric ester groups is 2. The molecule has 0 radical (unpaired) electrons. The van der Waals surface area contributed by atoms with E-state index in [0.717, 1.165) is 102 Å². The number of ether oxygens (including phenoxy) is 4. The van der Waals surface area contributed by atoms with Crippen LogP contribution in [0.25, 0.3) is 0 Å². The van der Waals surface area contributed by atoms with E-state index in [1.807, 2.05) is 0 Å². The minimum absolute atomic E-state index is 0.105. The molecule has 0 spiro atoms. The van der Waals surface area contributed by atoms with Gasteiger partial charge < -0.3 is 33.8 Å². The molecule has 0 fully saturated rings. The summed E-state index contributed by atoms with van der Waals surface area (Å²) in [5.41, 5.74) is 0. The molecule has 0 aliphatic heterocycles. The fourth-order valence-corrected chi connectivity index (χ4v) is 11.1. The monoisotopic (exact) mass is 1230 g/mol. The molecule has 19 heteroatoms. The standard InChI is InChI=1S/C64H124O17P2/c1-7-10-12-14-16-20-28-34-40-46-61(66)74-52-59(80-63(68)48-42-36-30-21-17-15-13-11-8-2)54-78-82(70,71)76-50-58(65)51-77-83(72,73)79-55-60(53-75-62(67)47-41-35-29-25-24-27-33-39-45-57(6)9-3)81-64(69)49-43-37-31-23-19-18-22-26-32-38-44-56(4)5/h56-60,65H,7-55H2,1-6H3,(H,70,71)(H,72,73)/t57?,58-,59+,60+/m0/s1. The van der Waals surface area contributed by atoms with Crippen LogP contribution in [-0.2, 0) is 65.4 Å². The van der Waals surface area contributed by atoms with Crippen LogP contribution in [-0.4, -0.2) is 96.7 Å². The Bertz CT molecular complexity index is 1630. The van der Waals surface area contributed by atoms with Crippen molar-refractivity contribution in [2.75, 3.05) is 39.6 Å². The Morgan fingerprint density at radius 1 is 0.349 bits per heavy atom. The Kier molecular flexibility index (Phi) is 55.2. The van der Waals surface area contributed by atoms with Crippen LogP contribution in [0.3, 0.4) is 0 Å². The van der Waals surface area contributed by atoms with Crippen LogP contribution < -0.4 is 0 Å². The second-order valence-corrected chi connectivity index (χ2v) is 26.8. The van der Waals surface area contributed by atoms with Crippen molar-refractivity contribution in [1.29, 1.82) is 0 Å². The highest BCUT2D eigenvalue weighted by molar-refractivity contribution is 7.47. The molecule has 492 valence electrons. The number of hydrogen-bond donors (Lipinski definition) is 3. The maximum atomic E-state index is 13.0. The summed E-state index contributed by atoms with van der Waals surface area (Å²) in [7, 11) is -9.88.